The highest BCUT2D eigenvalue weighted by atomic mass is 28.5. The molecule has 2 atom stereocenters. The van der Waals surface area contributed by atoms with Crippen molar-refractivity contribution >= 4 is 39.8 Å². The summed E-state index contributed by atoms with van der Waals surface area (Å²) in [5.41, 5.74) is 0.476. The van der Waals surface area contributed by atoms with Gasteiger partial charge in [0.1, 0.15) is 6.10 Å². The van der Waals surface area contributed by atoms with Crippen molar-refractivity contribution in [3.8, 4) is 0 Å². The molecule has 0 saturated heterocycles. The minimum Gasteiger partial charge on any atom is -0.463 e. The Hall–Kier alpha value is -0.282. The first kappa shape index (κ1) is 29.7. The largest absolute Gasteiger partial charge is 0.475 e. The van der Waals surface area contributed by atoms with Crippen LogP contribution in [0.1, 0.15) is 27.2 Å². The summed E-state index contributed by atoms with van der Waals surface area (Å²) < 4.78 is 20.6. The highest BCUT2D eigenvalue weighted by Gasteiger charge is 2.58. The van der Waals surface area contributed by atoms with Crippen LogP contribution in [-0.2, 0) is 17.2 Å². The summed E-state index contributed by atoms with van der Waals surface area (Å²) in [4.78, 5) is 17.6. The number of carboxylic acid groups (broad SMARTS) is 1. The average molecular weight is 496 g/mol. The zero-order valence-corrected chi connectivity index (χ0v) is 25.2. The number of hydrogen-bond acceptors (Lipinski definition) is 5. The monoisotopic (exact) mass is 495 g/mol. The molecule has 0 aromatic rings. The lowest BCUT2D eigenvalue weighted by Crippen LogP contribution is -2.65. The Balaban J connectivity index is 6.67. The van der Waals surface area contributed by atoms with Gasteiger partial charge in [0.05, 0.1) is 5.54 Å². The smallest absolute Gasteiger partial charge is 0.463 e. The third-order valence-corrected chi connectivity index (χ3v) is 16.2. The van der Waals surface area contributed by atoms with E-state index in [0.29, 0.717) is 6.42 Å². The van der Waals surface area contributed by atoms with Crippen molar-refractivity contribution in [1.82, 2.24) is 5.06 Å². The number of nitrogens with zero attached hydrogens (tertiary/aromatic N) is 1. The summed E-state index contributed by atoms with van der Waals surface area (Å²) in [6.07, 6.45) is -1.05. The average Bonchev–Trinajstić information content (AvgIpc) is 2.44. The molecule has 2 unspecified atom stereocenters. The van der Waals surface area contributed by atoms with Crippen LogP contribution in [0.5, 0.6) is 0 Å². The van der Waals surface area contributed by atoms with Gasteiger partial charge in [-0.25, -0.2) is 4.79 Å². The normalized spacial score (nSPS) is 15.6. The van der Waals surface area contributed by atoms with E-state index in [-0.39, 0.29) is 12.1 Å². The number of hydroxylamine groups is 2. The van der Waals surface area contributed by atoms with E-state index < -0.39 is 46.0 Å². The predicted molar refractivity (Wildman–Crippen MR) is 133 cm³/mol. The maximum atomic E-state index is 11.6. The zero-order valence-electron chi connectivity index (χ0n) is 21.2. The molecule has 0 aromatic carbocycles. The van der Waals surface area contributed by atoms with Gasteiger partial charge in [-0.3, -0.25) is 4.84 Å². The van der Waals surface area contributed by atoms with Crippen molar-refractivity contribution < 1.29 is 27.1 Å². The first-order valence-electron chi connectivity index (χ1n) is 10.7. The highest BCUT2D eigenvalue weighted by molar-refractivity contribution is 6.90. The molecular weight excluding hydrogens is 451 g/mol. The molecule has 1 N–H and O–H groups in total. The van der Waals surface area contributed by atoms with E-state index in [1.54, 1.807) is 6.92 Å². The maximum absolute atomic E-state index is 11.6. The van der Waals surface area contributed by atoms with Gasteiger partial charge in [-0.1, -0.05) is 13.5 Å². The molecule has 1 amide bonds. The second kappa shape index (κ2) is 11.0. The Kier molecular flexibility index (Phi) is 10.9. The van der Waals surface area contributed by atoms with Gasteiger partial charge >= 0.3 is 14.9 Å². The second-order valence-electron chi connectivity index (χ2n) is 10.6. The summed E-state index contributed by atoms with van der Waals surface area (Å²) in [7, 11) is -9.53. The molecule has 0 aromatic heterocycles. The molecule has 0 bridgehead atoms. The van der Waals surface area contributed by atoms with E-state index in [9.17, 15) is 9.90 Å². The van der Waals surface area contributed by atoms with E-state index in [1.165, 1.54) is 0 Å². The Morgan fingerprint density at radius 1 is 0.900 bits per heavy atom. The molecule has 0 rings (SSSR count). The fraction of sp³-hybridized carbons (Fsp3) is 0.842. The van der Waals surface area contributed by atoms with Crippen LogP contribution in [0.3, 0.4) is 0 Å². The quantitative estimate of drug-likeness (QED) is 0.188. The molecule has 0 saturated carbocycles. The van der Waals surface area contributed by atoms with Crippen molar-refractivity contribution in [2.75, 3.05) is 6.54 Å². The fourth-order valence-electron chi connectivity index (χ4n) is 3.12. The molecule has 0 radical (unpaired) electrons. The van der Waals surface area contributed by atoms with Crippen LogP contribution in [0.25, 0.3) is 0 Å². The summed E-state index contributed by atoms with van der Waals surface area (Å²) in [6, 6.07) is 0. The number of amides is 1. The highest BCUT2D eigenvalue weighted by Crippen LogP contribution is 2.41. The molecular formula is C19H45NO6Si4. The van der Waals surface area contributed by atoms with Gasteiger partial charge < -0.3 is 17.5 Å². The van der Waals surface area contributed by atoms with E-state index >= 15 is 0 Å². The van der Waals surface area contributed by atoms with Gasteiger partial charge in [-0.05, 0) is 84.8 Å². The number of carbonyl (C=O) groups is 1. The van der Waals surface area contributed by atoms with E-state index in [0.717, 1.165) is 10.6 Å². The van der Waals surface area contributed by atoms with Gasteiger partial charge in [-0.15, -0.1) is 0 Å². The van der Waals surface area contributed by atoms with Crippen LogP contribution in [0.15, 0.2) is 12.2 Å². The molecule has 7 nitrogen and oxygen atoms in total. The topological polar surface area (TPSA) is 77.5 Å². The maximum Gasteiger partial charge on any atom is 0.475 e. The third-order valence-electron chi connectivity index (χ3n) is 3.83. The fourth-order valence-corrected chi connectivity index (χ4v) is 18.0. The molecule has 178 valence electrons. The van der Waals surface area contributed by atoms with Crippen LogP contribution >= 0.6 is 0 Å². The Morgan fingerprint density at radius 2 is 1.27 bits per heavy atom. The zero-order chi connectivity index (χ0) is 24.1. The van der Waals surface area contributed by atoms with Gasteiger partial charge in [0.25, 0.3) is 0 Å². The van der Waals surface area contributed by atoms with Crippen LogP contribution < -0.4 is 0 Å². The molecule has 0 fully saturated rings. The van der Waals surface area contributed by atoms with Gasteiger partial charge in [-0.2, -0.15) is 5.06 Å². The molecule has 30 heavy (non-hydrogen) atoms. The van der Waals surface area contributed by atoms with E-state index in [4.69, 9.17) is 17.2 Å². The van der Waals surface area contributed by atoms with Gasteiger partial charge in [0.2, 0.25) is 0 Å². The number of hydrogen-bond donors (Lipinski definition) is 1. The first-order valence-corrected chi connectivity index (χ1v) is 22.7. The van der Waals surface area contributed by atoms with Gasteiger partial charge in [0.15, 0.2) is 25.0 Å². The summed E-state index contributed by atoms with van der Waals surface area (Å²) in [5, 5.41) is 10.5. The van der Waals surface area contributed by atoms with Crippen LogP contribution in [0.4, 0.5) is 4.79 Å². The Labute approximate surface area is 188 Å². The van der Waals surface area contributed by atoms with Crippen LogP contribution in [0.2, 0.25) is 64.5 Å². The molecule has 0 aliphatic carbocycles. The second-order valence-corrected chi connectivity index (χ2v) is 27.7. The SMILES string of the molecule is C=C(C)C(ON(CC)C(=O)O)C(CC)[Si](O[Si](C)(C)C)(O[Si](C)(C)C)O[Si](C)(C)C. The van der Waals surface area contributed by atoms with Gasteiger partial charge in [0, 0.05) is 6.54 Å². The van der Waals surface area contributed by atoms with E-state index in [2.05, 4.69) is 72.4 Å². The van der Waals surface area contributed by atoms with Crippen molar-refractivity contribution in [3.05, 3.63) is 12.2 Å². The minimum absolute atomic E-state index is 0.211. The third kappa shape index (κ3) is 10.4. The van der Waals surface area contributed by atoms with Crippen molar-refractivity contribution in [2.45, 2.75) is 97.8 Å². The van der Waals surface area contributed by atoms with E-state index in [1.807, 2.05) is 6.92 Å². The lowest BCUT2D eigenvalue weighted by Gasteiger charge is -2.48. The van der Waals surface area contributed by atoms with Crippen molar-refractivity contribution in [3.63, 3.8) is 0 Å². The summed E-state index contributed by atoms with van der Waals surface area (Å²) >= 11 is 0. The lowest BCUT2D eigenvalue weighted by atomic mass is 10.1. The predicted octanol–water partition coefficient (Wildman–Crippen LogP) is 6.14. The van der Waals surface area contributed by atoms with Crippen LogP contribution in [0, 0.1) is 0 Å². The standard InChI is InChI=1S/C19H45NO6Si4/c1-14-17(18(16(3)4)23-20(15-2)19(21)22)30(24-27(5,6)7,25-28(8,9)10)26-29(11,12)13/h17-18H,3,14-15H2,1-2,4-13H3,(H,21,22). The lowest BCUT2D eigenvalue weighted by molar-refractivity contribution is -0.161. The minimum atomic E-state index is -3.29. The Morgan fingerprint density at radius 3 is 1.47 bits per heavy atom. The van der Waals surface area contributed by atoms with Crippen LogP contribution in [-0.4, -0.2) is 62.7 Å². The summed E-state index contributed by atoms with van der Waals surface area (Å²) in [5.74, 6) is 0. The van der Waals surface area contributed by atoms with Crippen molar-refractivity contribution in [1.29, 1.82) is 0 Å². The molecule has 0 heterocycles. The summed E-state index contributed by atoms with van der Waals surface area (Å²) in [6.45, 7) is 29.2. The molecule has 0 aliphatic rings. The van der Waals surface area contributed by atoms with Crippen molar-refractivity contribution in [2.24, 2.45) is 0 Å². The molecule has 0 spiro atoms. The molecule has 11 heteroatoms. The molecule has 0 aliphatic heterocycles. The number of rotatable bonds is 13. The Bertz CT molecular complexity index is 542. The first-order chi connectivity index (χ1) is 13.3.